The van der Waals surface area contributed by atoms with Gasteiger partial charge in [0, 0.05) is 17.1 Å². The summed E-state index contributed by atoms with van der Waals surface area (Å²) in [4.78, 5) is 12.2. The van der Waals surface area contributed by atoms with E-state index in [1.54, 1.807) is 7.11 Å². The summed E-state index contributed by atoms with van der Waals surface area (Å²) in [6.07, 6.45) is 0. The average Bonchev–Trinajstić information content (AvgIpc) is 2.31. The molecule has 0 aliphatic rings. The van der Waals surface area contributed by atoms with Gasteiger partial charge in [-0.3, -0.25) is 4.79 Å². The molecule has 1 N–H and O–H groups in total. The maximum Gasteiger partial charge on any atom is 0.251 e. The summed E-state index contributed by atoms with van der Waals surface area (Å²) >= 11 is 3.44. The zero-order chi connectivity index (χ0) is 13.7. The molecule has 1 unspecified atom stereocenters. The second-order valence-electron chi connectivity index (χ2n) is 4.69. The van der Waals surface area contributed by atoms with Gasteiger partial charge in [-0.05, 0) is 30.5 Å². The van der Waals surface area contributed by atoms with Crippen LogP contribution in [0.5, 0.6) is 0 Å². The molecule has 3 nitrogen and oxygen atoms in total. The Morgan fingerprint density at radius 3 is 2.67 bits per heavy atom. The third kappa shape index (κ3) is 3.82. The monoisotopic (exact) mass is 313 g/mol. The predicted molar refractivity (Wildman–Crippen MR) is 76.8 cm³/mol. The van der Waals surface area contributed by atoms with E-state index in [0.717, 1.165) is 10.0 Å². The van der Waals surface area contributed by atoms with E-state index >= 15 is 0 Å². The normalized spacial score (nSPS) is 12.6. The van der Waals surface area contributed by atoms with Crippen LogP contribution < -0.4 is 5.32 Å². The highest BCUT2D eigenvalue weighted by atomic mass is 79.9. The molecule has 1 aromatic rings. The third-order valence-corrected chi connectivity index (χ3v) is 3.84. The average molecular weight is 314 g/mol. The summed E-state index contributed by atoms with van der Waals surface area (Å²) < 4.78 is 6.08. The Kier molecular flexibility index (Phi) is 5.82. The van der Waals surface area contributed by atoms with Gasteiger partial charge in [0.1, 0.15) is 0 Å². The number of methoxy groups -OCH3 is 1. The number of hydrogen-bond acceptors (Lipinski definition) is 2. The van der Waals surface area contributed by atoms with E-state index in [1.807, 2.05) is 25.1 Å². The van der Waals surface area contributed by atoms with Gasteiger partial charge < -0.3 is 10.1 Å². The lowest BCUT2D eigenvalue weighted by Gasteiger charge is -2.22. The molecule has 0 bridgehead atoms. The van der Waals surface area contributed by atoms with Crippen LogP contribution in [0.3, 0.4) is 0 Å². The van der Waals surface area contributed by atoms with Crippen molar-refractivity contribution >= 4 is 21.8 Å². The number of nitrogens with one attached hydrogen (secondary N) is 1. The van der Waals surface area contributed by atoms with E-state index < -0.39 is 0 Å². The molecule has 0 saturated heterocycles. The summed E-state index contributed by atoms with van der Waals surface area (Å²) in [6, 6.07) is 5.66. The molecule has 1 rings (SSSR count). The van der Waals surface area contributed by atoms with Crippen LogP contribution in [-0.4, -0.2) is 25.7 Å². The zero-order valence-electron chi connectivity index (χ0n) is 11.3. The van der Waals surface area contributed by atoms with Gasteiger partial charge >= 0.3 is 0 Å². The number of carbonyl (C=O) groups is 1. The first-order valence-electron chi connectivity index (χ1n) is 6.02. The number of ether oxygens (including phenoxy) is 1. The van der Waals surface area contributed by atoms with E-state index in [9.17, 15) is 4.79 Å². The fourth-order valence-corrected chi connectivity index (χ4v) is 2.05. The molecule has 0 aromatic heterocycles. The molecule has 18 heavy (non-hydrogen) atoms. The van der Waals surface area contributed by atoms with Gasteiger partial charge in [0.25, 0.3) is 5.91 Å². The zero-order valence-corrected chi connectivity index (χ0v) is 12.9. The molecule has 100 valence electrons. The lowest BCUT2D eigenvalue weighted by molar-refractivity contribution is 0.0866. The number of carbonyl (C=O) groups excluding carboxylic acids is 1. The lowest BCUT2D eigenvalue weighted by Crippen LogP contribution is -2.41. The van der Waals surface area contributed by atoms with Gasteiger partial charge in [0.05, 0.1) is 12.6 Å². The van der Waals surface area contributed by atoms with Crippen molar-refractivity contribution in [3.05, 3.63) is 33.8 Å². The SMILES string of the molecule is COCC(NC(=O)c1cccc(Br)c1C)C(C)C. The van der Waals surface area contributed by atoms with Gasteiger partial charge in [-0.1, -0.05) is 35.8 Å². The van der Waals surface area contributed by atoms with Crippen molar-refractivity contribution in [2.24, 2.45) is 5.92 Å². The Hall–Kier alpha value is -0.870. The van der Waals surface area contributed by atoms with Crippen molar-refractivity contribution in [2.45, 2.75) is 26.8 Å². The van der Waals surface area contributed by atoms with E-state index in [4.69, 9.17) is 4.74 Å². The minimum atomic E-state index is -0.0513. The van der Waals surface area contributed by atoms with Gasteiger partial charge in [0.2, 0.25) is 0 Å². The fourth-order valence-electron chi connectivity index (χ4n) is 1.68. The Balaban J connectivity index is 2.84. The molecule has 1 amide bonds. The minimum Gasteiger partial charge on any atom is -0.383 e. The second kappa shape index (κ2) is 6.90. The molecular weight excluding hydrogens is 294 g/mol. The summed E-state index contributed by atoms with van der Waals surface area (Å²) in [6.45, 7) is 6.59. The van der Waals surface area contributed by atoms with E-state index in [-0.39, 0.29) is 11.9 Å². The minimum absolute atomic E-state index is 0.0286. The smallest absolute Gasteiger partial charge is 0.251 e. The van der Waals surface area contributed by atoms with Gasteiger partial charge in [-0.2, -0.15) is 0 Å². The quantitative estimate of drug-likeness (QED) is 0.906. The highest BCUT2D eigenvalue weighted by Gasteiger charge is 2.18. The van der Waals surface area contributed by atoms with Crippen molar-refractivity contribution in [3.8, 4) is 0 Å². The van der Waals surface area contributed by atoms with Crippen molar-refractivity contribution in [1.82, 2.24) is 5.32 Å². The van der Waals surface area contributed by atoms with E-state index in [2.05, 4.69) is 35.1 Å². The van der Waals surface area contributed by atoms with Gasteiger partial charge in [-0.15, -0.1) is 0 Å². The second-order valence-corrected chi connectivity index (χ2v) is 5.55. The summed E-state index contributed by atoms with van der Waals surface area (Å²) in [5.74, 6) is 0.283. The van der Waals surface area contributed by atoms with Crippen LogP contribution in [0.25, 0.3) is 0 Å². The highest BCUT2D eigenvalue weighted by molar-refractivity contribution is 9.10. The number of rotatable bonds is 5. The maximum absolute atomic E-state index is 12.2. The topological polar surface area (TPSA) is 38.3 Å². The molecule has 0 fully saturated rings. The Morgan fingerprint density at radius 1 is 1.44 bits per heavy atom. The molecular formula is C14H20BrNO2. The summed E-state index contributed by atoms with van der Waals surface area (Å²) in [7, 11) is 1.64. The number of hydrogen-bond donors (Lipinski definition) is 1. The molecule has 0 radical (unpaired) electrons. The third-order valence-electron chi connectivity index (χ3n) is 2.98. The van der Waals surface area contributed by atoms with Gasteiger partial charge in [-0.25, -0.2) is 0 Å². The van der Waals surface area contributed by atoms with Crippen LogP contribution in [0.15, 0.2) is 22.7 Å². The standard InChI is InChI=1S/C14H20BrNO2/c1-9(2)13(8-18-4)16-14(17)11-6-5-7-12(15)10(11)3/h5-7,9,13H,8H2,1-4H3,(H,16,17). The van der Waals surface area contributed by atoms with Crippen LogP contribution in [-0.2, 0) is 4.74 Å². The molecule has 0 aliphatic heterocycles. The van der Waals surface area contributed by atoms with E-state index in [0.29, 0.717) is 18.1 Å². The Bertz CT molecular complexity index is 418. The van der Waals surface area contributed by atoms with Crippen molar-refractivity contribution in [1.29, 1.82) is 0 Å². The first-order chi connectivity index (χ1) is 8.47. The molecule has 0 saturated carbocycles. The van der Waals surface area contributed by atoms with Crippen LogP contribution in [0, 0.1) is 12.8 Å². The van der Waals surface area contributed by atoms with Crippen molar-refractivity contribution in [3.63, 3.8) is 0 Å². The van der Waals surface area contributed by atoms with Gasteiger partial charge in [0.15, 0.2) is 0 Å². The maximum atomic E-state index is 12.2. The number of amides is 1. The Morgan fingerprint density at radius 2 is 2.11 bits per heavy atom. The Labute approximate surface area is 117 Å². The van der Waals surface area contributed by atoms with E-state index in [1.165, 1.54) is 0 Å². The molecule has 0 spiro atoms. The van der Waals surface area contributed by atoms with Crippen LogP contribution in [0.4, 0.5) is 0 Å². The van der Waals surface area contributed by atoms with Crippen molar-refractivity contribution in [2.75, 3.05) is 13.7 Å². The number of halogens is 1. The first kappa shape index (κ1) is 15.2. The summed E-state index contributed by atoms with van der Waals surface area (Å²) in [5, 5.41) is 3.02. The lowest BCUT2D eigenvalue weighted by atomic mass is 10.0. The summed E-state index contributed by atoms with van der Waals surface area (Å²) in [5.41, 5.74) is 1.65. The van der Waals surface area contributed by atoms with Crippen molar-refractivity contribution < 1.29 is 9.53 Å². The largest absolute Gasteiger partial charge is 0.383 e. The molecule has 1 aromatic carbocycles. The molecule has 1 atom stereocenters. The van der Waals surface area contributed by atoms with Crippen LogP contribution >= 0.6 is 15.9 Å². The predicted octanol–water partition coefficient (Wildman–Crippen LogP) is 3.16. The van der Waals surface area contributed by atoms with Crippen LogP contribution in [0.2, 0.25) is 0 Å². The fraction of sp³-hybridized carbons (Fsp3) is 0.500. The number of benzene rings is 1. The molecule has 4 heteroatoms. The first-order valence-corrected chi connectivity index (χ1v) is 6.81. The molecule has 0 aliphatic carbocycles. The molecule has 0 heterocycles. The van der Waals surface area contributed by atoms with Crippen LogP contribution in [0.1, 0.15) is 29.8 Å². The highest BCUT2D eigenvalue weighted by Crippen LogP contribution is 2.19.